The minimum absolute atomic E-state index is 0.688. The molecule has 0 aromatic carbocycles. The van der Waals surface area contributed by atoms with E-state index in [1.807, 2.05) is 13.0 Å². The van der Waals surface area contributed by atoms with Gasteiger partial charge in [-0.15, -0.1) is 0 Å². The number of aromatic nitrogens is 2. The van der Waals surface area contributed by atoms with Crippen molar-refractivity contribution in [2.75, 3.05) is 25.1 Å². The summed E-state index contributed by atoms with van der Waals surface area (Å²) in [5, 5.41) is 3.23. The van der Waals surface area contributed by atoms with E-state index in [1.54, 1.807) is 6.20 Å². The van der Waals surface area contributed by atoms with Crippen molar-refractivity contribution in [3.8, 4) is 0 Å². The van der Waals surface area contributed by atoms with Crippen LogP contribution in [-0.4, -0.2) is 29.7 Å². The van der Waals surface area contributed by atoms with Gasteiger partial charge in [-0.3, -0.25) is 0 Å². The second kappa shape index (κ2) is 7.17. The van der Waals surface area contributed by atoms with Crippen LogP contribution in [0.5, 0.6) is 0 Å². The first-order chi connectivity index (χ1) is 7.36. The summed E-state index contributed by atoms with van der Waals surface area (Å²) in [7, 11) is 0. The molecule has 0 atom stereocenters. The van der Waals surface area contributed by atoms with Crippen LogP contribution in [0.3, 0.4) is 0 Å². The van der Waals surface area contributed by atoms with Crippen LogP contribution in [0, 0.1) is 0 Å². The molecular weight excluding hydrogens is 190 g/mol. The van der Waals surface area contributed by atoms with Gasteiger partial charge in [0.25, 0.3) is 0 Å². The van der Waals surface area contributed by atoms with Crippen LogP contribution in [0.1, 0.15) is 26.1 Å². The maximum Gasteiger partial charge on any atom is 0.132 e. The first-order valence-electron chi connectivity index (χ1n) is 5.50. The smallest absolute Gasteiger partial charge is 0.132 e. The van der Waals surface area contributed by atoms with Gasteiger partial charge in [0.2, 0.25) is 0 Å². The molecule has 84 valence electrons. The average molecular weight is 209 g/mol. The van der Waals surface area contributed by atoms with Crippen molar-refractivity contribution < 1.29 is 4.74 Å². The quantitative estimate of drug-likeness (QED) is 0.696. The van der Waals surface area contributed by atoms with Crippen LogP contribution in [-0.2, 0) is 11.2 Å². The second-order valence-electron chi connectivity index (χ2n) is 3.23. The Morgan fingerprint density at radius 2 is 2.27 bits per heavy atom. The summed E-state index contributed by atoms with van der Waals surface area (Å²) in [6.07, 6.45) is 3.65. The molecule has 0 aliphatic rings. The summed E-state index contributed by atoms with van der Waals surface area (Å²) in [6, 6.07) is 1.89. The highest BCUT2D eigenvalue weighted by Crippen LogP contribution is 2.02. The molecule has 4 nitrogen and oxygen atoms in total. The van der Waals surface area contributed by atoms with E-state index in [2.05, 4.69) is 22.2 Å². The molecular formula is C11H19N3O. The van der Waals surface area contributed by atoms with Crippen LogP contribution in [0.2, 0.25) is 0 Å². The third-order valence-electron chi connectivity index (χ3n) is 1.94. The van der Waals surface area contributed by atoms with Gasteiger partial charge in [-0.05, 0) is 19.4 Å². The van der Waals surface area contributed by atoms with E-state index in [9.17, 15) is 0 Å². The Hall–Kier alpha value is -1.16. The molecule has 0 aliphatic carbocycles. The highest BCUT2D eigenvalue weighted by Gasteiger charge is 1.98. The first kappa shape index (κ1) is 11.9. The van der Waals surface area contributed by atoms with E-state index < -0.39 is 0 Å². The summed E-state index contributed by atoms with van der Waals surface area (Å²) in [4.78, 5) is 8.57. The highest BCUT2D eigenvalue weighted by atomic mass is 16.5. The maximum atomic E-state index is 5.26. The minimum atomic E-state index is 0.688. The number of nitrogens with zero attached hydrogens (tertiary/aromatic N) is 2. The number of anilines is 1. The zero-order chi connectivity index (χ0) is 10.9. The van der Waals surface area contributed by atoms with Crippen molar-refractivity contribution in [3.05, 3.63) is 18.1 Å². The zero-order valence-corrected chi connectivity index (χ0v) is 9.49. The van der Waals surface area contributed by atoms with Gasteiger partial charge in [-0.2, -0.15) is 0 Å². The highest BCUT2D eigenvalue weighted by molar-refractivity contribution is 5.32. The molecule has 15 heavy (non-hydrogen) atoms. The number of rotatable bonds is 7. The number of nitrogens with one attached hydrogen (secondary N) is 1. The molecule has 1 heterocycles. The molecule has 1 rings (SSSR count). The Bertz CT molecular complexity index is 278. The summed E-state index contributed by atoms with van der Waals surface area (Å²) in [5.74, 6) is 1.74. The fraction of sp³-hybridized carbons (Fsp3) is 0.636. The van der Waals surface area contributed by atoms with Crippen LogP contribution < -0.4 is 5.32 Å². The molecule has 1 aromatic rings. The summed E-state index contributed by atoms with van der Waals surface area (Å²) < 4.78 is 5.26. The fourth-order valence-electron chi connectivity index (χ4n) is 1.18. The van der Waals surface area contributed by atoms with Gasteiger partial charge in [-0.1, -0.05) is 6.92 Å². The van der Waals surface area contributed by atoms with Gasteiger partial charge in [-0.25, -0.2) is 9.97 Å². The Labute approximate surface area is 91.1 Å². The summed E-state index contributed by atoms with van der Waals surface area (Å²) in [5.41, 5.74) is 0. The molecule has 0 fully saturated rings. The third kappa shape index (κ3) is 4.74. The lowest BCUT2D eigenvalue weighted by Crippen LogP contribution is -2.06. The third-order valence-corrected chi connectivity index (χ3v) is 1.94. The van der Waals surface area contributed by atoms with E-state index in [0.717, 1.165) is 37.6 Å². The van der Waals surface area contributed by atoms with Crippen LogP contribution >= 0.6 is 0 Å². The Kier molecular flexibility index (Phi) is 5.70. The van der Waals surface area contributed by atoms with Crippen LogP contribution in [0.4, 0.5) is 5.82 Å². The summed E-state index contributed by atoms with van der Waals surface area (Å²) >= 11 is 0. The SMILES string of the molecule is CCCNc1ccnc(CCOCC)n1. The number of hydrogen-bond acceptors (Lipinski definition) is 4. The normalized spacial score (nSPS) is 10.3. The Balaban J connectivity index is 2.42. The van der Waals surface area contributed by atoms with Gasteiger partial charge < -0.3 is 10.1 Å². The second-order valence-corrected chi connectivity index (χ2v) is 3.23. The maximum absolute atomic E-state index is 5.26. The number of hydrogen-bond donors (Lipinski definition) is 1. The van der Waals surface area contributed by atoms with Crippen molar-refractivity contribution in [2.24, 2.45) is 0 Å². The zero-order valence-electron chi connectivity index (χ0n) is 9.49. The molecule has 4 heteroatoms. The van der Waals surface area contributed by atoms with Crippen LogP contribution in [0.15, 0.2) is 12.3 Å². The Morgan fingerprint density at radius 1 is 1.40 bits per heavy atom. The van der Waals surface area contributed by atoms with Gasteiger partial charge in [0.15, 0.2) is 0 Å². The fourth-order valence-corrected chi connectivity index (χ4v) is 1.18. The number of ether oxygens (including phenoxy) is 1. The first-order valence-corrected chi connectivity index (χ1v) is 5.50. The van der Waals surface area contributed by atoms with E-state index in [0.29, 0.717) is 6.61 Å². The largest absolute Gasteiger partial charge is 0.381 e. The molecule has 1 aromatic heterocycles. The monoisotopic (exact) mass is 209 g/mol. The Morgan fingerprint density at radius 3 is 3.00 bits per heavy atom. The molecule has 0 saturated heterocycles. The molecule has 0 spiro atoms. The topological polar surface area (TPSA) is 47.0 Å². The standard InChI is InChI=1S/C11H19N3O/c1-3-7-12-10-5-8-13-11(14-10)6-9-15-4-2/h5,8H,3-4,6-7,9H2,1-2H3,(H,12,13,14). The van der Waals surface area contributed by atoms with Gasteiger partial charge >= 0.3 is 0 Å². The molecule has 0 bridgehead atoms. The molecule has 0 saturated carbocycles. The van der Waals surface area contributed by atoms with Gasteiger partial charge in [0.05, 0.1) is 6.61 Å². The van der Waals surface area contributed by atoms with Crippen molar-refractivity contribution in [1.29, 1.82) is 0 Å². The minimum Gasteiger partial charge on any atom is -0.381 e. The van der Waals surface area contributed by atoms with Crippen molar-refractivity contribution in [3.63, 3.8) is 0 Å². The molecule has 0 amide bonds. The lowest BCUT2D eigenvalue weighted by atomic mass is 10.4. The van der Waals surface area contributed by atoms with E-state index >= 15 is 0 Å². The average Bonchev–Trinajstić information content (AvgIpc) is 2.27. The van der Waals surface area contributed by atoms with Crippen molar-refractivity contribution in [2.45, 2.75) is 26.7 Å². The predicted molar refractivity (Wildman–Crippen MR) is 61.0 cm³/mol. The van der Waals surface area contributed by atoms with Gasteiger partial charge in [0, 0.05) is 25.8 Å². The lowest BCUT2D eigenvalue weighted by molar-refractivity contribution is 0.149. The molecule has 1 N–H and O–H groups in total. The van der Waals surface area contributed by atoms with Crippen molar-refractivity contribution >= 4 is 5.82 Å². The lowest BCUT2D eigenvalue weighted by Gasteiger charge is -2.05. The van der Waals surface area contributed by atoms with Crippen LogP contribution in [0.25, 0.3) is 0 Å². The molecule has 0 radical (unpaired) electrons. The predicted octanol–water partition coefficient (Wildman–Crippen LogP) is 1.88. The van der Waals surface area contributed by atoms with E-state index in [4.69, 9.17) is 4.74 Å². The van der Waals surface area contributed by atoms with Crippen molar-refractivity contribution in [1.82, 2.24) is 9.97 Å². The molecule has 0 unspecified atom stereocenters. The van der Waals surface area contributed by atoms with E-state index in [-0.39, 0.29) is 0 Å². The van der Waals surface area contributed by atoms with Gasteiger partial charge in [0.1, 0.15) is 11.6 Å². The van der Waals surface area contributed by atoms with E-state index in [1.165, 1.54) is 0 Å². The molecule has 0 aliphatic heterocycles. The summed E-state index contributed by atoms with van der Waals surface area (Å²) in [6.45, 7) is 6.49.